The number of aliphatic hydroxyl groups excluding tert-OH is 1. The first-order valence-corrected chi connectivity index (χ1v) is 9.30. The van der Waals surface area contributed by atoms with Gasteiger partial charge >= 0.3 is 0 Å². The van der Waals surface area contributed by atoms with E-state index in [1.165, 1.54) is 0 Å². The van der Waals surface area contributed by atoms with Crippen LogP contribution in [0.1, 0.15) is 31.4 Å². The second kappa shape index (κ2) is 7.18. The number of ether oxygens (including phenoxy) is 1. The SMILES string of the molecule is COc1ccc(-c2cc(C3(O)CCC(O)CC3)nn2-c2ccccc2)cc1. The van der Waals surface area contributed by atoms with Gasteiger partial charge in [-0.25, -0.2) is 4.68 Å². The summed E-state index contributed by atoms with van der Waals surface area (Å²) in [5.74, 6) is 0.796. The molecule has 4 rings (SSSR count). The van der Waals surface area contributed by atoms with Crippen molar-refractivity contribution in [3.63, 3.8) is 0 Å². The maximum atomic E-state index is 11.2. The lowest BCUT2D eigenvalue weighted by atomic mass is 9.81. The van der Waals surface area contributed by atoms with Crippen molar-refractivity contribution >= 4 is 0 Å². The van der Waals surface area contributed by atoms with Crippen LogP contribution in [0.4, 0.5) is 0 Å². The third-order valence-corrected chi connectivity index (χ3v) is 5.35. The van der Waals surface area contributed by atoms with Gasteiger partial charge in [0.15, 0.2) is 0 Å². The van der Waals surface area contributed by atoms with E-state index in [-0.39, 0.29) is 6.10 Å². The highest BCUT2D eigenvalue weighted by molar-refractivity contribution is 5.64. The molecule has 2 aromatic carbocycles. The van der Waals surface area contributed by atoms with Crippen LogP contribution in [0.2, 0.25) is 0 Å². The molecule has 1 aromatic heterocycles. The number of methoxy groups -OCH3 is 1. The molecule has 1 aliphatic rings. The van der Waals surface area contributed by atoms with E-state index in [1.807, 2.05) is 65.3 Å². The van der Waals surface area contributed by atoms with E-state index in [0.717, 1.165) is 22.7 Å². The molecule has 0 atom stereocenters. The van der Waals surface area contributed by atoms with Gasteiger partial charge in [-0.2, -0.15) is 5.10 Å². The van der Waals surface area contributed by atoms with Gasteiger partial charge in [-0.1, -0.05) is 18.2 Å². The highest BCUT2D eigenvalue weighted by Gasteiger charge is 2.37. The standard InChI is InChI=1S/C22H24N2O3/c1-27-19-9-7-16(8-10-19)20-15-21(22(26)13-11-18(25)12-14-22)23-24(20)17-5-3-2-4-6-17/h2-10,15,18,25-26H,11-14H2,1H3. The second-order valence-electron chi connectivity index (χ2n) is 7.15. The van der Waals surface area contributed by atoms with Crippen molar-refractivity contribution < 1.29 is 14.9 Å². The van der Waals surface area contributed by atoms with Crippen molar-refractivity contribution in [2.75, 3.05) is 7.11 Å². The summed E-state index contributed by atoms with van der Waals surface area (Å²) in [5.41, 5.74) is 2.51. The number of aromatic nitrogens is 2. The van der Waals surface area contributed by atoms with Crippen molar-refractivity contribution in [2.24, 2.45) is 0 Å². The molecule has 0 aliphatic heterocycles. The molecule has 1 fully saturated rings. The Morgan fingerprint density at radius 2 is 1.70 bits per heavy atom. The topological polar surface area (TPSA) is 67.5 Å². The zero-order valence-electron chi connectivity index (χ0n) is 15.4. The Morgan fingerprint density at radius 3 is 2.33 bits per heavy atom. The third kappa shape index (κ3) is 3.48. The average molecular weight is 364 g/mol. The Morgan fingerprint density at radius 1 is 1.04 bits per heavy atom. The maximum Gasteiger partial charge on any atom is 0.118 e. The van der Waals surface area contributed by atoms with Crippen LogP contribution in [-0.2, 0) is 5.60 Å². The Kier molecular flexibility index (Phi) is 4.72. The number of rotatable bonds is 4. The summed E-state index contributed by atoms with van der Waals surface area (Å²) in [6.45, 7) is 0. The largest absolute Gasteiger partial charge is 0.497 e. The predicted molar refractivity (Wildman–Crippen MR) is 104 cm³/mol. The molecule has 5 heteroatoms. The molecule has 27 heavy (non-hydrogen) atoms. The zero-order chi connectivity index (χ0) is 18.9. The smallest absolute Gasteiger partial charge is 0.118 e. The summed E-state index contributed by atoms with van der Waals surface area (Å²) in [4.78, 5) is 0. The van der Waals surface area contributed by atoms with Gasteiger partial charge in [-0.05, 0) is 68.1 Å². The van der Waals surface area contributed by atoms with Gasteiger partial charge in [0.2, 0.25) is 0 Å². The fourth-order valence-corrected chi connectivity index (χ4v) is 3.68. The van der Waals surface area contributed by atoms with Crippen LogP contribution < -0.4 is 4.74 Å². The van der Waals surface area contributed by atoms with E-state index in [1.54, 1.807) is 7.11 Å². The van der Waals surface area contributed by atoms with Crippen molar-refractivity contribution in [1.29, 1.82) is 0 Å². The van der Waals surface area contributed by atoms with Crippen molar-refractivity contribution in [1.82, 2.24) is 9.78 Å². The summed E-state index contributed by atoms with van der Waals surface area (Å²) in [6, 6.07) is 19.7. The quantitative estimate of drug-likeness (QED) is 0.741. The van der Waals surface area contributed by atoms with Gasteiger partial charge in [0.25, 0.3) is 0 Å². The first-order valence-electron chi connectivity index (χ1n) is 9.30. The van der Waals surface area contributed by atoms with Gasteiger partial charge in [-0.3, -0.25) is 0 Å². The van der Waals surface area contributed by atoms with Crippen molar-refractivity contribution in [2.45, 2.75) is 37.4 Å². The highest BCUT2D eigenvalue weighted by atomic mass is 16.5. The normalized spacial score (nSPS) is 22.6. The molecule has 1 aliphatic carbocycles. The second-order valence-corrected chi connectivity index (χ2v) is 7.15. The molecule has 0 unspecified atom stereocenters. The maximum absolute atomic E-state index is 11.2. The molecule has 0 radical (unpaired) electrons. The molecule has 3 aromatic rings. The number of nitrogens with zero attached hydrogens (tertiary/aromatic N) is 2. The number of hydrogen-bond donors (Lipinski definition) is 2. The van der Waals surface area contributed by atoms with E-state index in [4.69, 9.17) is 9.84 Å². The molecule has 2 N–H and O–H groups in total. The van der Waals surface area contributed by atoms with E-state index in [0.29, 0.717) is 31.4 Å². The van der Waals surface area contributed by atoms with E-state index >= 15 is 0 Å². The number of hydrogen-bond acceptors (Lipinski definition) is 4. The Labute approximate surface area is 158 Å². The first kappa shape index (κ1) is 17.8. The Bertz CT molecular complexity index is 895. The molecule has 1 saturated carbocycles. The fourth-order valence-electron chi connectivity index (χ4n) is 3.68. The summed E-state index contributed by atoms with van der Waals surface area (Å²) < 4.78 is 7.14. The minimum absolute atomic E-state index is 0.331. The van der Waals surface area contributed by atoms with Gasteiger partial charge < -0.3 is 14.9 Å². The molecule has 0 saturated heterocycles. The van der Waals surface area contributed by atoms with Gasteiger partial charge in [0, 0.05) is 5.56 Å². The van der Waals surface area contributed by atoms with Crippen molar-refractivity contribution in [3.8, 4) is 22.7 Å². The minimum atomic E-state index is -1.000. The number of benzene rings is 2. The lowest BCUT2D eigenvalue weighted by molar-refractivity contribution is -0.0393. The molecule has 0 bridgehead atoms. The number of para-hydroxylation sites is 1. The van der Waals surface area contributed by atoms with Crippen molar-refractivity contribution in [3.05, 3.63) is 66.4 Å². The van der Waals surface area contributed by atoms with E-state index in [9.17, 15) is 10.2 Å². The van der Waals surface area contributed by atoms with Crippen LogP contribution in [0.15, 0.2) is 60.7 Å². The van der Waals surface area contributed by atoms with Crippen LogP contribution in [-0.4, -0.2) is 33.2 Å². The van der Waals surface area contributed by atoms with Crippen LogP contribution in [0.3, 0.4) is 0 Å². The first-order chi connectivity index (χ1) is 13.1. The van der Waals surface area contributed by atoms with Gasteiger partial charge in [-0.15, -0.1) is 0 Å². The number of aliphatic hydroxyl groups is 2. The van der Waals surface area contributed by atoms with Crippen LogP contribution in [0.5, 0.6) is 5.75 Å². The molecule has 1 heterocycles. The summed E-state index contributed by atoms with van der Waals surface area (Å²) in [5, 5.41) is 25.7. The summed E-state index contributed by atoms with van der Waals surface area (Å²) >= 11 is 0. The fraction of sp³-hybridized carbons (Fsp3) is 0.318. The monoisotopic (exact) mass is 364 g/mol. The van der Waals surface area contributed by atoms with Crippen LogP contribution in [0, 0.1) is 0 Å². The van der Waals surface area contributed by atoms with Gasteiger partial charge in [0.05, 0.1) is 30.3 Å². The average Bonchev–Trinajstić information content (AvgIpc) is 3.17. The molecule has 0 amide bonds. The molecular weight excluding hydrogens is 340 g/mol. The van der Waals surface area contributed by atoms with Crippen LogP contribution >= 0.6 is 0 Å². The Hall–Kier alpha value is -2.63. The molecule has 0 spiro atoms. The predicted octanol–water partition coefficient (Wildman–Crippen LogP) is 3.67. The molecule has 5 nitrogen and oxygen atoms in total. The zero-order valence-corrected chi connectivity index (χ0v) is 15.4. The van der Waals surface area contributed by atoms with E-state index in [2.05, 4.69) is 0 Å². The summed E-state index contributed by atoms with van der Waals surface area (Å²) in [7, 11) is 1.65. The molecule has 140 valence electrons. The lowest BCUT2D eigenvalue weighted by Crippen LogP contribution is -2.33. The van der Waals surface area contributed by atoms with Gasteiger partial charge in [0.1, 0.15) is 11.4 Å². The lowest BCUT2D eigenvalue weighted by Gasteiger charge is -2.32. The van der Waals surface area contributed by atoms with E-state index < -0.39 is 5.60 Å². The minimum Gasteiger partial charge on any atom is -0.497 e. The van der Waals surface area contributed by atoms with Crippen LogP contribution in [0.25, 0.3) is 16.9 Å². The molecular formula is C22H24N2O3. The Balaban J connectivity index is 1.80. The highest BCUT2D eigenvalue weighted by Crippen LogP contribution is 2.38. The summed E-state index contributed by atoms with van der Waals surface area (Å²) in [6.07, 6.45) is 1.88. The third-order valence-electron chi connectivity index (χ3n) is 5.35.